The second-order valence-corrected chi connectivity index (χ2v) is 13.0. The van der Waals surface area contributed by atoms with Gasteiger partial charge in [0.25, 0.3) is 0 Å². The molecule has 0 saturated heterocycles. The van der Waals surface area contributed by atoms with Crippen LogP contribution < -0.4 is 0 Å². The maximum Gasteiger partial charge on any atom is 0.333 e. The van der Waals surface area contributed by atoms with Crippen molar-refractivity contribution in [3.8, 4) is 0 Å². The summed E-state index contributed by atoms with van der Waals surface area (Å²) >= 11 is 0. The minimum atomic E-state index is -0.477. The molecule has 19 nitrogen and oxygen atoms in total. The van der Waals surface area contributed by atoms with Gasteiger partial charge in [-0.1, -0.05) is 26.3 Å². The molecular formula is C42H70O19. The standard InChI is InChI=1S/C42H70O19/c1-33(2)39(43)58-25-19-49-11-9-47-17-23-56-37(29-53-15-13-51-21-27-60-41(45)35(5)6)31-55-32-38(30-54-16-14-52-22-28-61-42(46)36(7)8)57-24-18-48-10-12-50-20-26-59-40(44)34(3)4/h37-38H,1,3,5,7,9-32H2,2,4,6,8H3. The van der Waals surface area contributed by atoms with Crippen LogP contribution in [0.2, 0.25) is 0 Å². The van der Waals surface area contributed by atoms with E-state index in [1.54, 1.807) is 27.7 Å². The lowest BCUT2D eigenvalue weighted by Gasteiger charge is -2.22. The van der Waals surface area contributed by atoms with Crippen LogP contribution >= 0.6 is 0 Å². The van der Waals surface area contributed by atoms with E-state index in [4.69, 9.17) is 71.1 Å². The van der Waals surface area contributed by atoms with Crippen molar-refractivity contribution in [1.29, 1.82) is 0 Å². The largest absolute Gasteiger partial charge is 0.460 e. The Morgan fingerprint density at radius 1 is 0.295 bits per heavy atom. The Morgan fingerprint density at radius 2 is 0.492 bits per heavy atom. The molecule has 0 aromatic carbocycles. The molecule has 0 radical (unpaired) electrons. The molecule has 0 bridgehead atoms. The van der Waals surface area contributed by atoms with E-state index in [-0.39, 0.29) is 132 Å². The Balaban J connectivity index is 4.87. The molecule has 0 aliphatic rings. The van der Waals surface area contributed by atoms with E-state index in [1.165, 1.54) is 0 Å². The first-order chi connectivity index (χ1) is 29.3. The van der Waals surface area contributed by atoms with E-state index in [0.717, 1.165) is 0 Å². The predicted molar refractivity (Wildman–Crippen MR) is 220 cm³/mol. The summed E-state index contributed by atoms with van der Waals surface area (Å²) in [5.41, 5.74) is 1.27. The molecule has 19 heteroatoms. The summed E-state index contributed by atoms with van der Waals surface area (Å²) in [4.78, 5) is 45.8. The number of hydrogen-bond acceptors (Lipinski definition) is 19. The monoisotopic (exact) mass is 878 g/mol. The van der Waals surface area contributed by atoms with Gasteiger partial charge >= 0.3 is 23.9 Å². The molecule has 0 amide bonds. The Morgan fingerprint density at radius 3 is 0.738 bits per heavy atom. The van der Waals surface area contributed by atoms with Crippen molar-refractivity contribution in [2.75, 3.05) is 159 Å². The van der Waals surface area contributed by atoms with E-state index < -0.39 is 36.1 Å². The highest BCUT2D eigenvalue weighted by Crippen LogP contribution is 2.02. The molecule has 0 aromatic heterocycles. The first-order valence-electron chi connectivity index (χ1n) is 20.1. The Kier molecular flexibility index (Phi) is 38.1. The molecule has 2 unspecified atom stereocenters. The predicted octanol–water partition coefficient (Wildman–Crippen LogP) is 2.38. The van der Waals surface area contributed by atoms with Crippen LogP contribution in [0.5, 0.6) is 0 Å². The zero-order valence-corrected chi connectivity index (χ0v) is 36.7. The highest BCUT2D eigenvalue weighted by atomic mass is 16.6. The van der Waals surface area contributed by atoms with E-state index in [0.29, 0.717) is 48.7 Å². The van der Waals surface area contributed by atoms with Gasteiger partial charge in [-0.05, 0) is 27.7 Å². The number of rotatable bonds is 44. The molecule has 352 valence electrons. The molecule has 0 rings (SSSR count). The number of esters is 4. The summed E-state index contributed by atoms with van der Waals surface area (Å²) in [6.07, 6.45) is -0.943. The molecule has 0 fully saturated rings. The minimum Gasteiger partial charge on any atom is -0.460 e. The van der Waals surface area contributed by atoms with Gasteiger partial charge in [-0.25, -0.2) is 19.2 Å². The SMILES string of the molecule is C=C(C)C(=O)OCCOCCOCCOC(COCCOCCOC(=O)C(=C)C)COCC(COCCOCCOC(=O)C(=C)C)OCCOCCOCCOC(=O)C(=C)C. The average Bonchev–Trinajstić information content (AvgIpc) is 3.22. The van der Waals surface area contributed by atoms with Crippen LogP contribution in [-0.2, 0) is 90.2 Å². The van der Waals surface area contributed by atoms with Gasteiger partial charge in [-0.15, -0.1) is 0 Å². The Hall–Kier alpha value is -3.60. The molecule has 0 aliphatic carbocycles. The fourth-order valence-corrected chi connectivity index (χ4v) is 3.95. The van der Waals surface area contributed by atoms with Crippen LogP contribution in [-0.4, -0.2) is 195 Å². The van der Waals surface area contributed by atoms with E-state index in [9.17, 15) is 19.2 Å². The summed E-state index contributed by atoms with van der Waals surface area (Å²) < 4.78 is 82.5. The highest BCUT2D eigenvalue weighted by Gasteiger charge is 2.15. The Labute approximate surface area is 360 Å². The van der Waals surface area contributed by atoms with Gasteiger partial charge in [0.2, 0.25) is 0 Å². The third-order valence-corrected chi connectivity index (χ3v) is 7.10. The smallest absolute Gasteiger partial charge is 0.333 e. The molecule has 61 heavy (non-hydrogen) atoms. The maximum absolute atomic E-state index is 11.5. The van der Waals surface area contributed by atoms with Crippen molar-refractivity contribution < 1.29 is 90.2 Å². The van der Waals surface area contributed by atoms with Gasteiger partial charge in [-0.3, -0.25) is 0 Å². The third kappa shape index (κ3) is 37.9. The van der Waals surface area contributed by atoms with Crippen LogP contribution in [0.1, 0.15) is 27.7 Å². The topological polar surface area (TPSA) is 207 Å². The summed E-state index contributed by atoms with van der Waals surface area (Å²) in [7, 11) is 0. The van der Waals surface area contributed by atoms with E-state index >= 15 is 0 Å². The molecule has 0 aromatic rings. The normalized spacial score (nSPS) is 12.0. The van der Waals surface area contributed by atoms with Gasteiger partial charge in [0.05, 0.1) is 132 Å². The first-order valence-corrected chi connectivity index (χ1v) is 20.1. The quantitative estimate of drug-likeness (QED) is 0.0373. The number of ether oxygens (including phenoxy) is 15. The third-order valence-electron chi connectivity index (χ3n) is 7.10. The lowest BCUT2D eigenvalue weighted by molar-refractivity contribution is -0.141. The summed E-state index contributed by atoms with van der Waals surface area (Å²) in [5.74, 6) is -1.89. The van der Waals surface area contributed by atoms with Crippen molar-refractivity contribution >= 4 is 23.9 Å². The zero-order chi connectivity index (χ0) is 45.4. The number of carbonyl (C=O) groups is 4. The van der Waals surface area contributed by atoms with Gasteiger partial charge in [-0.2, -0.15) is 0 Å². The zero-order valence-electron chi connectivity index (χ0n) is 36.7. The first kappa shape index (κ1) is 57.4. The molecule has 2 atom stereocenters. The van der Waals surface area contributed by atoms with E-state index in [1.807, 2.05) is 0 Å². The lowest BCUT2D eigenvalue weighted by atomic mass is 10.3. The molecule has 0 saturated carbocycles. The second kappa shape index (κ2) is 40.5. The van der Waals surface area contributed by atoms with Crippen LogP contribution in [0.15, 0.2) is 48.6 Å². The van der Waals surface area contributed by atoms with Crippen LogP contribution in [0.25, 0.3) is 0 Å². The lowest BCUT2D eigenvalue weighted by Crippen LogP contribution is -2.32. The van der Waals surface area contributed by atoms with Crippen molar-refractivity contribution in [2.24, 2.45) is 0 Å². The number of hydrogen-bond donors (Lipinski definition) is 0. The fraction of sp³-hybridized carbons (Fsp3) is 0.714. The van der Waals surface area contributed by atoms with Gasteiger partial charge in [0.1, 0.15) is 38.6 Å². The van der Waals surface area contributed by atoms with Crippen LogP contribution in [0.4, 0.5) is 0 Å². The van der Waals surface area contributed by atoms with Crippen molar-refractivity contribution in [2.45, 2.75) is 39.9 Å². The summed E-state index contributed by atoms with van der Waals surface area (Å²) in [5, 5.41) is 0. The average molecular weight is 879 g/mol. The Bertz CT molecular complexity index is 1150. The minimum absolute atomic E-state index is 0.0998. The fourth-order valence-electron chi connectivity index (χ4n) is 3.95. The molecule has 0 heterocycles. The van der Waals surface area contributed by atoms with Crippen LogP contribution in [0, 0.1) is 0 Å². The summed E-state index contributed by atoms with van der Waals surface area (Å²) in [6.45, 7) is 25.8. The van der Waals surface area contributed by atoms with Crippen molar-refractivity contribution in [3.63, 3.8) is 0 Å². The molecule has 0 aliphatic heterocycles. The molecular weight excluding hydrogens is 808 g/mol. The molecule has 0 N–H and O–H groups in total. The van der Waals surface area contributed by atoms with Crippen molar-refractivity contribution in [3.05, 3.63) is 48.6 Å². The van der Waals surface area contributed by atoms with Gasteiger partial charge < -0.3 is 71.1 Å². The van der Waals surface area contributed by atoms with Gasteiger partial charge in [0, 0.05) is 22.3 Å². The van der Waals surface area contributed by atoms with Crippen LogP contribution in [0.3, 0.4) is 0 Å². The van der Waals surface area contributed by atoms with Gasteiger partial charge in [0.15, 0.2) is 0 Å². The highest BCUT2D eigenvalue weighted by molar-refractivity contribution is 5.88. The molecule has 0 spiro atoms. The maximum atomic E-state index is 11.5. The summed E-state index contributed by atoms with van der Waals surface area (Å²) in [6, 6.07) is 0. The second-order valence-electron chi connectivity index (χ2n) is 13.0. The van der Waals surface area contributed by atoms with E-state index in [2.05, 4.69) is 26.3 Å². The van der Waals surface area contributed by atoms with Crippen molar-refractivity contribution in [1.82, 2.24) is 0 Å². The number of carbonyl (C=O) groups excluding carboxylic acids is 4.